The third-order valence-corrected chi connectivity index (χ3v) is 5.95. The van der Waals surface area contributed by atoms with Gasteiger partial charge in [-0.1, -0.05) is 47.3 Å². The minimum absolute atomic E-state index is 0.0109. The molecule has 162 valence electrons. The minimum Gasteiger partial charge on any atom is -0.362 e. The van der Waals surface area contributed by atoms with Crippen LogP contribution in [0, 0.1) is 10.1 Å². The molecule has 30 heavy (non-hydrogen) atoms. The van der Waals surface area contributed by atoms with E-state index in [2.05, 4.69) is 21.2 Å². The lowest BCUT2D eigenvalue weighted by atomic mass is 9.76. The number of unbranched alkanes of at least 4 members (excludes halogenated alkanes) is 4. The second kappa shape index (κ2) is 11.2. The number of ketones is 2. The molecule has 1 unspecified atom stereocenters. The first-order valence-electron chi connectivity index (χ1n) is 10.3. The van der Waals surface area contributed by atoms with Crippen LogP contribution in [-0.2, 0) is 9.59 Å². The fourth-order valence-corrected chi connectivity index (χ4v) is 4.42. The topological polar surface area (TPSA) is 89.3 Å². The van der Waals surface area contributed by atoms with Crippen molar-refractivity contribution in [2.45, 2.75) is 65.2 Å². The van der Waals surface area contributed by atoms with E-state index >= 15 is 0 Å². The van der Waals surface area contributed by atoms with E-state index in [1.165, 1.54) is 19.1 Å². The number of hydrogen-bond acceptors (Lipinski definition) is 5. The van der Waals surface area contributed by atoms with Crippen LogP contribution < -0.4 is 5.32 Å². The highest BCUT2D eigenvalue weighted by Gasteiger charge is 2.35. The normalized spacial score (nSPS) is 16.5. The molecule has 0 bridgehead atoms. The molecule has 6 nitrogen and oxygen atoms in total. The predicted octanol–water partition coefficient (Wildman–Crippen LogP) is 5.72. The van der Waals surface area contributed by atoms with E-state index in [1.807, 2.05) is 6.92 Å². The Morgan fingerprint density at radius 3 is 2.33 bits per heavy atom. The summed E-state index contributed by atoms with van der Waals surface area (Å²) in [6.45, 7) is 5.10. The second-order valence-electron chi connectivity index (χ2n) is 7.67. The largest absolute Gasteiger partial charge is 0.362 e. The number of halogens is 1. The van der Waals surface area contributed by atoms with Gasteiger partial charge >= 0.3 is 0 Å². The van der Waals surface area contributed by atoms with Crippen molar-refractivity contribution in [3.63, 3.8) is 0 Å². The van der Waals surface area contributed by atoms with Gasteiger partial charge in [0.2, 0.25) is 0 Å². The van der Waals surface area contributed by atoms with Crippen LogP contribution >= 0.6 is 15.9 Å². The molecule has 1 N–H and O–H groups in total. The molecule has 1 atom stereocenters. The summed E-state index contributed by atoms with van der Waals surface area (Å²) in [6, 6.07) is 6.23. The number of nitrogens with zero attached hydrogens (tertiary/aromatic N) is 1. The molecule has 0 radical (unpaired) electrons. The Kier molecular flexibility index (Phi) is 8.96. The second-order valence-corrected chi connectivity index (χ2v) is 8.47. The number of dihydropyridines is 1. The quantitative estimate of drug-likeness (QED) is 0.191. The fourth-order valence-electron chi connectivity index (χ4n) is 4.03. The molecule has 1 aromatic carbocycles. The van der Waals surface area contributed by atoms with Crippen LogP contribution in [0.25, 0.3) is 0 Å². The van der Waals surface area contributed by atoms with E-state index in [0.29, 0.717) is 34.5 Å². The van der Waals surface area contributed by atoms with E-state index in [0.717, 1.165) is 37.4 Å². The molecule has 1 aromatic rings. The first-order valence-corrected chi connectivity index (χ1v) is 11.4. The molecule has 0 amide bonds. The van der Waals surface area contributed by atoms with Crippen LogP contribution in [0.15, 0.2) is 46.8 Å². The summed E-state index contributed by atoms with van der Waals surface area (Å²) >= 11 is 3.42. The number of hydrogen-bond donors (Lipinski definition) is 1. The number of carbonyl (C=O) groups excluding carboxylic acids is 2. The Hall–Kier alpha value is -2.28. The van der Waals surface area contributed by atoms with Crippen LogP contribution in [0.2, 0.25) is 0 Å². The van der Waals surface area contributed by atoms with Gasteiger partial charge < -0.3 is 5.32 Å². The molecule has 0 spiro atoms. The summed E-state index contributed by atoms with van der Waals surface area (Å²) in [5, 5.41) is 15.4. The molecular formula is C23H29BrN2O4. The molecule has 2 rings (SSSR count). The zero-order valence-corrected chi connectivity index (χ0v) is 19.4. The first kappa shape index (κ1) is 24.0. The zero-order chi connectivity index (χ0) is 22.3. The number of alkyl halides is 1. The number of Topliss-reactive ketones (excluding diaryl/α,β-unsaturated/α-hetero) is 2. The lowest BCUT2D eigenvalue weighted by Crippen LogP contribution is -2.30. The maximum Gasteiger partial charge on any atom is 0.269 e. The molecule has 1 aliphatic rings. The molecule has 0 saturated heterocycles. The van der Waals surface area contributed by atoms with Gasteiger partial charge in [-0.05, 0) is 39.2 Å². The fraction of sp³-hybridized carbons (Fsp3) is 0.478. The lowest BCUT2D eigenvalue weighted by Gasteiger charge is -2.31. The molecule has 7 heteroatoms. The Morgan fingerprint density at radius 2 is 1.70 bits per heavy atom. The van der Waals surface area contributed by atoms with E-state index in [1.54, 1.807) is 19.1 Å². The third-order valence-electron chi connectivity index (χ3n) is 5.39. The van der Waals surface area contributed by atoms with Crippen LogP contribution in [0.4, 0.5) is 5.69 Å². The lowest BCUT2D eigenvalue weighted by molar-refractivity contribution is -0.384. The summed E-state index contributed by atoms with van der Waals surface area (Å²) in [5.74, 6) is -0.753. The van der Waals surface area contributed by atoms with Crippen LogP contribution in [-0.4, -0.2) is 21.8 Å². The highest BCUT2D eigenvalue weighted by Crippen LogP contribution is 2.40. The highest BCUT2D eigenvalue weighted by atomic mass is 79.9. The summed E-state index contributed by atoms with van der Waals surface area (Å²) < 4.78 is 0. The minimum atomic E-state index is -0.593. The molecule has 0 saturated carbocycles. The zero-order valence-electron chi connectivity index (χ0n) is 17.8. The monoisotopic (exact) mass is 476 g/mol. The van der Waals surface area contributed by atoms with Gasteiger partial charge in [0.05, 0.1) is 4.92 Å². The summed E-state index contributed by atoms with van der Waals surface area (Å²) in [5.41, 5.74) is 2.95. The summed E-state index contributed by atoms with van der Waals surface area (Å²) in [4.78, 5) is 36.5. The molecule has 1 aliphatic heterocycles. The van der Waals surface area contributed by atoms with Crippen molar-refractivity contribution in [2.75, 3.05) is 5.33 Å². The number of rotatable bonds is 11. The number of benzene rings is 1. The van der Waals surface area contributed by atoms with Crippen molar-refractivity contribution in [3.8, 4) is 0 Å². The van der Waals surface area contributed by atoms with Gasteiger partial charge in [0.25, 0.3) is 5.69 Å². The van der Waals surface area contributed by atoms with Gasteiger partial charge in [0, 0.05) is 52.3 Å². The van der Waals surface area contributed by atoms with Gasteiger partial charge in [0.15, 0.2) is 11.6 Å². The van der Waals surface area contributed by atoms with Gasteiger partial charge in [-0.3, -0.25) is 19.7 Å². The number of nitro benzene ring substituents is 1. The Bertz CT molecular complexity index is 889. The number of nitrogens with one attached hydrogen (secondary N) is 1. The standard InChI is InChI=1S/C23H29BrN2O4/c1-15-21(17(3)27)23(18-10-9-11-19(14-18)26(29)30)22(16(2)25-15)20(28)12-7-5-4-6-8-13-24/h9-11,14,23,25H,4-8,12-13H2,1-3H3. The SMILES string of the molecule is CC(=O)C1=C(C)NC(C)=C(C(=O)CCCCCCCBr)C1c1cccc([N+](=O)[O-])c1. The van der Waals surface area contributed by atoms with Gasteiger partial charge in [0.1, 0.15) is 0 Å². The van der Waals surface area contributed by atoms with Crippen molar-refractivity contribution < 1.29 is 14.5 Å². The van der Waals surface area contributed by atoms with Crippen molar-refractivity contribution in [3.05, 3.63) is 62.5 Å². The van der Waals surface area contributed by atoms with E-state index in [-0.39, 0.29) is 17.3 Å². The number of nitro groups is 1. The molecule has 0 fully saturated rings. The van der Waals surface area contributed by atoms with E-state index in [9.17, 15) is 19.7 Å². The number of non-ortho nitro benzene ring substituents is 1. The van der Waals surface area contributed by atoms with Gasteiger partial charge in [-0.15, -0.1) is 0 Å². The van der Waals surface area contributed by atoms with Crippen LogP contribution in [0.5, 0.6) is 0 Å². The Morgan fingerprint density at radius 1 is 1.07 bits per heavy atom. The highest BCUT2D eigenvalue weighted by molar-refractivity contribution is 9.09. The van der Waals surface area contributed by atoms with E-state index in [4.69, 9.17) is 0 Å². The smallest absolute Gasteiger partial charge is 0.269 e. The van der Waals surface area contributed by atoms with E-state index < -0.39 is 10.8 Å². The average molecular weight is 477 g/mol. The van der Waals surface area contributed by atoms with Gasteiger partial charge in [-0.25, -0.2) is 0 Å². The van der Waals surface area contributed by atoms with Crippen molar-refractivity contribution in [1.82, 2.24) is 5.32 Å². The summed E-state index contributed by atoms with van der Waals surface area (Å²) in [7, 11) is 0. The third kappa shape index (κ3) is 5.88. The number of allylic oxidation sites excluding steroid dienone is 4. The van der Waals surface area contributed by atoms with Crippen molar-refractivity contribution in [2.24, 2.45) is 0 Å². The average Bonchev–Trinajstić information content (AvgIpc) is 2.69. The van der Waals surface area contributed by atoms with Crippen molar-refractivity contribution >= 4 is 33.2 Å². The van der Waals surface area contributed by atoms with Crippen molar-refractivity contribution in [1.29, 1.82) is 0 Å². The molecular weight excluding hydrogens is 448 g/mol. The number of carbonyl (C=O) groups is 2. The van der Waals surface area contributed by atoms with Gasteiger partial charge in [-0.2, -0.15) is 0 Å². The van der Waals surface area contributed by atoms with Crippen LogP contribution in [0.1, 0.15) is 70.8 Å². The van der Waals surface area contributed by atoms with Crippen LogP contribution in [0.3, 0.4) is 0 Å². The molecule has 1 heterocycles. The maximum atomic E-state index is 13.2. The first-order chi connectivity index (χ1) is 14.3. The predicted molar refractivity (Wildman–Crippen MR) is 122 cm³/mol. The molecule has 0 aliphatic carbocycles. The molecule has 0 aromatic heterocycles. The Balaban J connectivity index is 2.35. The summed E-state index contributed by atoms with van der Waals surface area (Å²) in [6.07, 6.45) is 5.52. The Labute approximate surface area is 186 Å². The maximum absolute atomic E-state index is 13.2.